The topological polar surface area (TPSA) is 0 Å². The van der Waals surface area contributed by atoms with Crippen molar-refractivity contribution >= 4 is 71.5 Å². The molecule has 9 rings (SSSR count). The first kappa shape index (κ1) is 33.9. The minimum atomic E-state index is -0.772. The van der Waals surface area contributed by atoms with E-state index in [1.807, 2.05) is 0 Å². The molecule has 0 N–H and O–H groups in total. The number of fused-ring (bicyclic) bond motifs is 3. The summed E-state index contributed by atoms with van der Waals surface area (Å²) < 4.78 is 0. The van der Waals surface area contributed by atoms with Crippen LogP contribution in [0.2, 0.25) is 0 Å². The highest BCUT2D eigenvalue weighted by atomic mass is 31.1. The van der Waals surface area contributed by atoms with Crippen molar-refractivity contribution in [3.63, 3.8) is 0 Å². The molecule has 8 aromatic rings. The van der Waals surface area contributed by atoms with Crippen LogP contribution in [0.15, 0.2) is 183 Å². The Bertz CT molecular complexity index is 2900. The lowest BCUT2D eigenvalue weighted by atomic mass is 9.81. The Morgan fingerprint density at radius 3 is 1.67 bits per heavy atom. The molecule has 0 nitrogen and oxygen atoms in total. The third-order valence-electron chi connectivity index (χ3n) is 10.7. The summed E-state index contributed by atoms with van der Waals surface area (Å²) in [5.41, 5.74) is 9.05. The Hall–Kier alpha value is -5.90. The molecule has 0 aliphatic heterocycles. The molecule has 2 heteroatoms. The molecule has 0 fully saturated rings. The summed E-state index contributed by atoms with van der Waals surface area (Å²) in [6.45, 7) is 10.9. The number of benzene rings is 6. The molecule has 0 radical (unpaired) electrons. The van der Waals surface area contributed by atoms with Gasteiger partial charge < -0.3 is 0 Å². The number of hydrogen-bond acceptors (Lipinski definition) is 0. The fourth-order valence-corrected chi connectivity index (χ4v) is 13.6. The summed E-state index contributed by atoms with van der Waals surface area (Å²) in [4.78, 5) is 0. The van der Waals surface area contributed by atoms with E-state index < -0.39 is 15.1 Å². The van der Waals surface area contributed by atoms with Gasteiger partial charge in [-0.05, 0) is 102 Å². The second-order valence-electron chi connectivity index (χ2n) is 13.7. The van der Waals surface area contributed by atoms with Crippen LogP contribution in [-0.4, -0.2) is 0 Å². The third kappa shape index (κ3) is 5.71. The van der Waals surface area contributed by atoms with Crippen molar-refractivity contribution in [2.45, 2.75) is 13.3 Å². The van der Waals surface area contributed by atoms with Gasteiger partial charge in [0.2, 0.25) is 0 Å². The number of rotatable bonds is 8. The Kier molecular flexibility index (Phi) is 9.10. The van der Waals surface area contributed by atoms with Gasteiger partial charge in [0.1, 0.15) is 0 Å². The van der Waals surface area contributed by atoms with Crippen LogP contribution >= 0.6 is 15.1 Å². The molecule has 1 aliphatic rings. The van der Waals surface area contributed by atoms with Gasteiger partial charge in [-0.2, -0.15) is 0 Å². The Morgan fingerprint density at radius 1 is 0.519 bits per heavy atom. The van der Waals surface area contributed by atoms with Crippen molar-refractivity contribution in [2.24, 2.45) is 0 Å². The van der Waals surface area contributed by atoms with Gasteiger partial charge in [0.25, 0.3) is 0 Å². The molecular weight excluding hydrogens is 687 g/mol. The SMILES string of the molecule is C=Cc1c(/C=C\C)c2cc3c(cc2p1-c1ccccc1)=C(c1ccccc1)C/C(=C\c1c(C=C)p(-c2ccccc2)c2ccccc12)C=3c1ccccc1. The smallest absolute Gasteiger partial charge is 0.00748 e. The molecule has 0 bridgehead atoms. The summed E-state index contributed by atoms with van der Waals surface area (Å²) in [6.07, 6.45) is 12.0. The summed E-state index contributed by atoms with van der Waals surface area (Å²) in [6, 6.07) is 58.1. The maximum atomic E-state index is 4.43. The molecule has 2 unspecified atom stereocenters. The predicted octanol–water partition coefficient (Wildman–Crippen LogP) is 14.1. The van der Waals surface area contributed by atoms with Crippen molar-refractivity contribution in [3.05, 3.63) is 226 Å². The van der Waals surface area contributed by atoms with Gasteiger partial charge in [-0.25, -0.2) is 0 Å². The summed E-state index contributed by atoms with van der Waals surface area (Å²) in [7, 11) is -1.50. The van der Waals surface area contributed by atoms with Gasteiger partial charge in [-0.1, -0.05) is 198 Å². The highest BCUT2D eigenvalue weighted by Crippen LogP contribution is 2.56. The van der Waals surface area contributed by atoms with Crippen molar-refractivity contribution < 1.29 is 0 Å². The predicted molar refractivity (Wildman–Crippen MR) is 241 cm³/mol. The Balaban J connectivity index is 1.46. The molecule has 0 spiro atoms. The van der Waals surface area contributed by atoms with Crippen LogP contribution in [0.4, 0.5) is 0 Å². The van der Waals surface area contributed by atoms with E-state index in [0.717, 1.165) is 6.42 Å². The molecule has 0 saturated heterocycles. The molecule has 0 amide bonds. The second-order valence-corrected chi connectivity index (χ2v) is 18.0. The Morgan fingerprint density at radius 2 is 1.06 bits per heavy atom. The average molecular weight is 727 g/mol. The molecular formula is C52H40P2. The van der Waals surface area contributed by atoms with Crippen LogP contribution in [0.25, 0.3) is 67.1 Å². The highest BCUT2D eigenvalue weighted by molar-refractivity contribution is 7.64. The first-order valence-electron chi connectivity index (χ1n) is 18.6. The van der Waals surface area contributed by atoms with Crippen LogP contribution in [0, 0.1) is 0 Å². The van der Waals surface area contributed by atoms with E-state index in [9.17, 15) is 0 Å². The zero-order valence-electron chi connectivity index (χ0n) is 30.4. The first-order chi connectivity index (χ1) is 26.7. The number of hydrogen-bond donors (Lipinski definition) is 0. The van der Waals surface area contributed by atoms with Crippen LogP contribution in [0.1, 0.15) is 46.2 Å². The van der Waals surface area contributed by atoms with Gasteiger partial charge in [0.05, 0.1) is 0 Å². The van der Waals surface area contributed by atoms with Gasteiger partial charge in [0.15, 0.2) is 0 Å². The maximum absolute atomic E-state index is 4.43. The molecule has 2 heterocycles. The molecule has 2 atom stereocenters. The monoisotopic (exact) mass is 726 g/mol. The minimum Gasteiger partial charge on any atom is -0.0981 e. The summed E-state index contributed by atoms with van der Waals surface area (Å²) in [5, 5.41) is 13.4. The molecule has 2 aromatic heterocycles. The van der Waals surface area contributed by atoms with E-state index >= 15 is 0 Å². The fourth-order valence-electron chi connectivity index (χ4n) is 8.41. The summed E-state index contributed by atoms with van der Waals surface area (Å²) >= 11 is 0. The molecule has 0 saturated carbocycles. The van der Waals surface area contributed by atoms with Gasteiger partial charge in [-0.15, -0.1) is 0 Å². The van der Waals surface area contributed by atoms with E-state index in [2.05, 4.69) is 208 Å². The lowest BCUT2D eigenvalue weighted by Crippen LogP contribution is -2.34. The largest absolute Gasteiger partial charge is 0.0981 e. The Labute approximate surface area is 319 Å². The van der Waals surface area contributed by atoms with E-state index in [4.69, 9.17) is 0 Å². The fraction of sp³-hybridized carbons (Fsp3) is 0.0385. The van der Waals surface area contributed by atoms with Gasteiger partial charge in [0, 0.05) is 20.8 Å². The quantitative estimate of drug-likeness (QED) is 0.146. The first-order valence-corrected chi connectivity index (χ1v) is 21.3. The normalized spacial score (nSPS) is 14.3. The average Bonchev–Trinajstić information content (AvgIpc) is 3.72. The van der Waals surface area contributed by atoms with Crippen LogP contribution < -0.4 is 10.4 Å². The maximum Gasteiger partial charge on any atom is 0.00748 e. The third-order valence-corrected chi connectivity index (χ3v) is 15.8. The van der Waals surface area contributed by atoms with Crippen molar-refractivity contribution in [1.82, 2.24) is 0 Å². The van der Waals surface area contributed by atoms with Gasteiger partial charge >= 0.3 is 0 Å². The zero-order chi connectivity index (χ0) is 36.6. The van der Waals surface area contributed by atoms with Crippen LogP contribution in [-0.2, 0) is 0 Å². The van der Waals surface area contributed by atoms with Crippen LogP contribution in [0.3, 0.4) is 0 Å². The molecule has 6 aromatic carbocycles. The molecule has 1 aliphatic carbocycles. The van der Waals surface area contributed by atoms with Crippen molar-refractivity contribution in [2.75, 3.05) is 0 Å². The molecule has 258 valence electrons. The van der Waals surface area contributed by atoms with Gasteiger partial charge in [-0.3, -0.25) is 0 Å². The standard InChI is InChI=1S/C52H40P2/c1-4-21-41-46-34-47-44(35-51(46)54(48(41)5-2)40-28-17-10-18-29-40)43(36-22-11-7-12-23-36)32-38(52(47)37-24-13-8-14-25-37)33-45-42-30-19-20-31-50(42)53(49(45)6-3)39-26-15-9-16-27-39/h4-31,33-35H,2-3,32H2,1H3/b21-4-,38-33+. The highest BCUT2D eigenvalue weighted by Gasteiger charge is 2.24. The lowest BCUT2D eigenvalue weighted by molar-refractivity contribution is 1.24. The van der Waals surface area contributed by atoms with E-state index in [0.29, 0.717) is 0 Å². The summed E-state index contributed by atoms with van der Waals surface area (Å²) in [5.74, 6) is 0. The van der Waals surface area contributed by atoms with E-state index in [1.165, 1.54) is 91.6 Å². The number of allylic oxidation sites excluding steroid dienone is 2. The lowest BCUT2D eigenvalue weighted by Gasteiger charge is -2.22. The van der Waals surface area contributed by atoms with E-state index in [1.54, 1.807) is 0 Å². The van der Waals surface area contributed by atoms with E-state index in [-0.39, 0.29) is 0 Å². The molecule has 54 heavy (non-hydrogen) atoms. The zero-order valence-corrected chi connectivity index (χ0v) is 32.2. The van der Waals surface area contributed by atoms with Crippen molar-refractivity contribution in [1.29, 1.82) is 0 Å². The van der Waals surface area contributed by atoms with Crippen molar-refractivity contribution in [3.8, 4) is 10.6 Å². The van der Waals surface area contributed by atoms with Crippen LogP contribution in [0.5, 0.6) is 0 Å². The minimum absolute atomic E-state index is 0.730. The second kappa shape index (κ2) is 14.5.